The second kappa shape index (κ2) is 38.8. The summed E-state index contributed by atoms with van der Waals surface area (Å²) in [7, 11) is 0. The fraction of sp³-hybridized carbons (Fsp3) is 0.508. The molecule has 0 aromatic heterocycles. The van der Waals surface area contributed by atoms with Crippen molar-refractivity contribution in [2.45, 2.75) is 152 Å². The van der Waals surface area contributed by atoms with Gasteiger partial charge >= 0.3 is 5.97 Å². The smallest absolute Gasteiger partial charge is 0.305 e. The number of thioether (sulfide) groups is 1. The Morgan fingerprint density at radius 1 is 0.488 bits per heavy atom. The molecule has 0 unspecified atom stereocenters. The lowest BCUT2D eigenvalue weighted by molar-refractivity contribution is -0.141. The highest BCUT2D eigenvalue weighted by Crippen LogP contribution is 2.13. The van der Waals surface area contributed by atoms with Crippen LogP contribution in [0, 0.1) is 11.7 Å². The van der Waals surface area contributed by atoms with Gasteiger partial charge in [0.1, 0.15) is 54.2 Å². The number of benzene rings is 3. The van der Waals surface area contributed by atoms with Gasteiger partial charge in [0.25, 0.3) is 0 Å². The summed E-state index contributed by atoms with van der Waals surface area (Å²) in [5, 5.41) is 33.2. The molecule has 0 heterocycles. The van der Waals surface area contributed by atoms with E-state index in [1.807, 2.05) is 20.1 Å². The van der Waals surface area contributed by atoms with Crippen LogP contribution in [0.25, 0.3) is 0 Å². The van der Waals surface area contributed by atoms with Gasteiger partial charge in [-0.15, -0.1) is 0 Å². The second-order valence-corrected chi connectivity index (χ2v) is 22.2. The third-order valence-electron chi connectivity index (χ3n) is 13.5. The Labute approximate surface area is 505 Å². The van der Waals surface area contributed by atoms with E-state index >= 15 is 0 Å². The van der Waals surface area contributed by atoms with E-state index in [4.69, 9.17) is 22.9 Å². The minimum atomic E-state index is -1.85. The number of carbonyl (C=O) groups is 11. The predicted octanol–water partition coefficient (Wildman–Crippen LogP) is -0.787. The summed E-state index contributed by atoms with van der Waals surface area (Å²) in [5.41, 5.74) is 24.3. The molecule has 472 valence electrons. The molecule has 0 radical (unpaired) electrons. The number of halogens is 1. The van der Waals surface area contributed by atoms with Crippen LogP contribution in [0.3, 0.4) is 0 Å². The molecule has 9 atom stereocenters. The minimum Gasteiger partial charge on any atom is -0.481 e. The van der Waals surface area contributed by atoms with E-state index in [1.54, 1.807) is 60.7 Å². The molecule has 3 rings (SSSR count). The first-order valence-electron chi connectivity index (χ1n) is 28.6. The molecule has 18 N–H and O–H groups in total. The quantitative estimate of drug-likeness (QED) is 0.0310. The number of carboxylic acids is 1. The van der Waals surface area contributed by atoms with Gasteiger partial charge in [-0.2, -0.15) is 11.8 Å². The zero-order valence-corrected chi connectivity index (χ0v) is 50.0. The van der Waals surface area contributed by atoms with Gasteiger partial charge in [-0.05, 0) is 118 Å². The standard InChI is InChI=1S/C59H86FN13O12S/c1-35(2)29-44(56(82)67-41(51(64)77)25-28-86-4)66-49(74)34-65-53(79)45(32-39-21-23-40(60)24-22-39)70-57(83)46(30-37-15-7-5-8-16-37)72-55(81)43(20-12-14-27-62)69-59(85)48(33-50(75)76)73-58(84)47(31-38-17-9-6-10-18-38)71-54(80)42(19-11-13-26-61)68-52(78)36(3)63/h5-10,15-18,21-24,35-36,41-48H,11-14,19-20,25-34,61-63H2,1-4H3,(H2,64,77)(H,65,79)(H,66,74)(H,67,82)(H,68,78)(H,69,85)(H,70,83)(H,71,80)(H,72,81)(H,73,84)(H,75,76)/t36-,41-,42-,43-,44-,45+,46-,47-,48-/m0/s1. The molecule has 3 aromatic carbocycles. The number of unbranched alkanes of at least 4 members (excludes halogenated alkanes) is 2. The van der Waals surface area contributed by atoms with Crippen molar-refractivity contribution in [3.63, 3.8) is 0 Å². The van der Waals surface area contributed by atoms with Gasteiger partial charge in [-0.1, -0.05) is 86.6 Å². The van der Waals surface area contributed by atoms with E-state index in [0.29, 0.717) is 48.3 Å². The van der Waals surface area contributed by atoms with Crippen molar-refractivity contribution in [1.29, 1.82) is 0 Å². The van der Waals surface area contributed by atoms with Crippen molar-refractivity contribution in [3.05, 3.63) is 107 Å². The van der Waals surface area contributed by atoms with Gasteiger partial charge in [0, 0.05) is 19.3 Å². The van der Waals surface area contributed by atoms with Gasteiger partial charge in [0.15, 0.2) is 0 Å². The predicted molar refractivity (Wildman–Crippen MR) is 322 cm³/mol. The molecule has 0 saturated heterocycles. The fourth-order valence-electron chi connectivity index (χ4n) is 8.79. The highest BCUT2D eigenvalue weighted by Gasteiger charge is 2.35. The number of carbonyl (C=O) groups excluding carboxylic acids is 10. The molecule has 27 heteroatoms. The lowest BCUT2D eigenvalue weighted by atomic mass is 10.0. The van der Waals surface area contributed by atoms with Crippen LogP contribution in [0.5, 0.6) is 0 Å². The van der Waals surface area contributed by atoms with Crippen LogP contribution in [0.15, 0.2) is 84.9 Å². The van der Waals surface area contributed by atoms with Crippen molar-refractivity contribution in [2.24, 2.45) is 28.9 Å². The summed E-state index contributed by atoms with van der Waals surface area (Å²) in [6, 6.07) is 9.91. The SMILES string of the molecule is CSCC[C@H](NC(=O)[C@H](CC(C)C)NC(=O)CNC(=O)[C@@H](Cc1ccc(F)cc1)NC(=O)[C@H](Cc1ccccc1)NC(=O)[C@H](CCCCN)NC(=O)[C@H](CC(=O)O)NC(=O)[C@H](Cc1ccccc1)NC(=O)[C@H](CCCCN)NC(=O)[C@H](C)N)C(N)=O. The molecule has 0 aliphatic heterocycles. The molecule has 0 aliphatic rings. The molecule has 0 saturated carbocycles. The number of aliphatic carboxylic acids is 1. The maximum absolute atomic E-state index is 14.6. The number of primary amides is 1. The van der Waals surface area contributed by atoms with Crippen LogP contribution < -0.4 is 70.8 Å². The zero-order chi connectivity index (χ0) is 63.7. The number of hydrogen-bond acceptors (Lipinski definition) is 15. The maximum atomic E-state index is 14.6. The Morgan fingerprint density at radius 2 is 0.884 bits per heavy atom. The monoisotopic (exact) mass is 1220 g/mol. The van der Waals surface area contributed by atoms with Crippen LogP contribution in [-0.2, 0) is 72.0 Å². The number of hydrogen-bond donors (Lipinski definition) is 14. The van der Waals surface area contributed by atoms with Crippen molar-refractivity contribution >= 4 is 76.8 Å². The lowest BCUT2D eigenvalue weighted by Crippen LogP contribution is -2.60. The van der Waals surface area contributed by atoms with E-state index < -0.39 is 138 Å². The lowest BCUT2D eigenvalue weighted by Gasteiger charge is -2.28. The van der Waals surface area contributed by atoms with E-state index in [-0.39, 0.29) is 63.8 Å². The Kier molecular flexibility index (Phi) is 32.6. The Bertz CT molecular complexity index is 2700. The summed E-state index contributed by atoms with van der Waals surface area (Å²) >= 11 is 1.45. The van der Waals surface area contributed by atoms with Gasteiger partial charge in [-0.3, -0.25) is 52.7 Å². The molecule has 10 amide bonds. The number of rotatable bonds is 40. The van der Waals surface area contributed by atoms with Gasteiger partial charge in [0.05, 0.1) is 19.0 Å². The van der Waals surface area contributed by atoms with Gasteiger partial charge in [-0.25, -0.2) is 4.39 Å². The molecule has 3 aromatic rings. The Morgan fingerprint density at radius 3 is 1.31 bits per heavy atom. The van der Waals surface area contributed by atoms with Crippen molar-refractivity contribution in [1.82, 2.24) is 47.9 Å². The van der Waals surface area contributed by atoms with Crippen molar-refractivity contribution < 1.29 is 62.2 Å². The maximum Gasteiger partial charge on any atom is 0.305 e. The first-order chi connectivity index (χ1) is 40.9. The zero-order valence-electron chi connectivity index (χ0n) is 49.2. The summed E-state index contributed by atoms with van der Waals surface area (Å²) in [4.78, 5) is 150. The van der Waals surface area contributed by atoms with Gasteiger partial charge in [0.2, 0.25) is 59.1 Å². The van der Waals surface area contributed by atoms with Crippen molar-refractivity contribution in [3.8, 4) is 0 Å². The third-order valence-corrected chi connectivity index (χ3v) is 14.1. The molecule has 0 aliphatic carbocycles. The third kappa shape index (κ3) is 27.4. The number of nitrogens with one attached hydrogen (secondary N) is 9. The minimum absolute atomic E-state index is 0.103. The van der Waals surface area contributed by atoms with Gasteiger partial charge < -0.3 is 75.9 Å². The molecule has 25 nitrogen and oxygen atoms in total. The first-order valence-corrected chi connectivity index (χ1v) is 30.0. The van der Waals surface area contributed by atoms with Crippen LogP contribution in [0.1, 0.15) is 95.2 Å². The first kappa shape index (κ1) is 72.2. The van der Waals surface area contributed by atoms with E-state index in [0.717, 1.165) is 12.1 Å². The van der Waals surface area contributed by atoms with Crippen LogP contribution >= 0.6 is 11.8 Å². The Hall–Kier alpha value is -8.01. The molecule has 0 fully saturated rings. The van der Waals surface area contributed by atoms with E-state index in [2.05, 4.69) is 47.9 Å². The van der Waals surface area contributed by atoms with Crippen LogP contribution in [0.4, 0.5) is 4.39 Å². The molecule has 86 heavy (non-hydrogen) atoms. The normalized spacial score (nSPS) is 14.2. The number of nitrogens with two attached hydrogens (primary N) is 4. The summed E-state index contributed by atoms with van der Waals surface area (Å²) in [6.07, 6.45) is 2.21. The topological polar surface area (TPSA) is 420 Å². The summed E-state index contributed by atoms with van der Waals surface area (Å²) in [6.45, 7) is 4.86. The average Bonchev–Trinajstić information content (AvgIpc) is 3.66. The highest BCUT2D eigenvalue weighted by molar-refractivity contribution is 7.98. The van der Waals surface area contributed by atoms with E-state index in [9.17, 15) is 62.2 Å². The second-order valence-electron chi connectivity index (χ2n) is 21.2. The van der Waals surface area contributed by atoms with Crippen LogP contribution in [-0.4, -0.2) is 156 Å². The van der Waals surface area contributed by atoms with Crippen LogP contribution in [0.2, 0.25) is 0 Å². The fourth-order valence-corrected chi connectivity index (χ4v) is 9.26. The number of amides is 10. The Balaban J connectivity index is 1.96. The summed E-state index contributed by atoms with van der Waals surface area (Å²) in [5.74, 6) is -10.2. The average molecular weight is 1220 g/mol. The molecule has 0 bridgehead atoms. The molecular formula is C59H86FN13O12S. The largest absolute Gasteiger partial charge is 0.481 e. The molecular weight excluding hydrogens is 1130 g/mol. The van der Waals surface area contributed by atoms with Crippen molar-refractivity contribution in [2.75, 3.05) is 31.6 Å². The van der Waals surface area contributed by atoms with E-state index in [1.165, 1.54) is 30.8 Å². The highest BCUT2D eigenvalue weighted by atomic mass is 32.2. The summed E-state index contributed by atoms with van der Waals surface area (Å²) < 4.78 is 14.1. The number of carboxylic acid groups (broad SMARTS) is 1. The molecule has 0 spiro atoms.